The second kappa shape index (κ2) is 7.79. The van der Waals surface area contributed by atoms with Crippen LogP contribution < -0.4 is 15.7 Å². The van der Waals surface area contributed by atoms with E-state index in [-0.39, 0.29) is 17.8 Å². The SMILES string of the molecule is COC(=O)c1ccccc1NC(=O)COc1ccc2c3c(c(=O)oc2c1)CCC3. The Morgan fingerprint density at radius 2 is 1.90 bits per heavy atom. The number of carbonyl (C=O) groups excluding carboxylic acids is 2. The van der Waals surface area contributed by atoms with Crippen LogP contribution in [-0.4, -0.2) is 25.6 Å². The first-order chi connectivity index (χ1) is 14.1. The third kappa shape index (κ3) is 3.71. The summed E-state index contributed by atoms with van der Waals surface area (Å²) in [4.78, 5) is 36.2. The lowest BCUT2D eigenvalue weighted by Crippen LogP contribution is -2.21. The van der Waals surface area contributed by atoms with Crippen LogP contribution in [0.25, 0.3) is 11.0 Å². The molecular weight excluding hydrogens is 374 g/mol. The number of carbonyl (C=O) groups is 2. The molecular formula is C22H19NO6. The fourth-order valence-electron chi connectivity index (χ4n) is 3.57. The van der Waals surface area contributed by atoms with Gasteiger partial charge in [0.1, 0.15) is 11.3 Å². The van der Waals surface area contributed by atoms with Gasteiger partial charge in [-0.25, -0.2) is 9.59 Å². The van der Waals surface area contributed by atoms with Gasteiger partial charge in [0.2, 0.25) is 0 Å². The highest BCUT2D eigenvalue weighted by atomic mass is 16.5. The van der Waals surface area contributed by atoms with Crippen molar-refractivity contribution in [2.75, 3.05) is 19.0 Å². The lowest BCUT2D eigenvalue weighted by Gasteiger charge is -2.11. The van der Waals surface area contributed by atoms with Crippen molar-refractivity contribution < 1.29 is 23.5 Å². The van der Waals surface area contributed by atoms with Gasteiger partial charge < -0.3 is 19.2 Å². The number of nitrogens with one attached hydrogen (secondary N) is 1. The molecule has 4 rings (SSSR count). The first kappa shape index (κ1) is 18.7. The van der Waals surface area contributed by atoms with Crippen LogP contribution in [0.1, 0.15) is 27.9 Å². The molecule has 0 fully saturated rings. The van der Waals surface area contributed by atoms with Gasteiger partial charge in [0.15, 0.2) is 6.61 Å². The Bertz CT molecular complexity index is 1160. The topological polar surface area (TPSA) is 94.8 Å². The van der Waals surface area contributed by atoms with Crippen LogP contribution in [0.3, 0.4) is 0 Å². The molecule has 1 heterocycles. The van der Waals surface area contributed by atoms with E-state index in [2.05, 4.69) is 5.32 Å². The Morgan fingerprint density at radius 3 is 2.72 bits per heavy atom. The monoisotopic (exact) mass is 393 g/mol. The number of fused-ring (bicyclic) bond motifs is 3. The third-order valence-electron chi connectivity index (χ3n) is 4.92. The molecule has 7 nitrogen and oxygen atoms in total. The molecule has 1 aliphatic carbocycles. The number of anilines is 1. The molecule has 0 radical (unpaired) electrons. The van der Waals surface area contributed by atoms with Crippen LogP contribution in [0.4, 0.5) is 5.69 Å². The number of rotatable bonds is 5. The fourth-order valence-corrected chi connectivity index (χ4v) is 3.57. The van der Waals surface area contributed by atoms with E-state index >= 15 is 0 Å². The van der Waals surface area contributed by atoms with Crippen LogP contribution >= 0.6 is 0 Å². The number of hydrogen-bond donors (Lipinski definition) is 1. The molecule has 0 atom stereocenters. The molecule has 29 heavy (non-hydrogen) atoms. The Labute approximate surface area is 166 Å². The summed E-state index contributed by atoms with van der Waals surface area (Å²) in [5, 5.41) is 3.54. The molecule has 1 aliphatic rings. The molecule has 2 aromatic carbocycles. The summed E-state index contributed by atoms with van der Waals surface area (Å²) in [5.41, 5.74) is 2.54. The minimum absolute atomic E-state index is 0.254. The zero-order chi connectivity index (χ0) is 20.4. The highest BCUT2D eigenvalue weighted by Gasteiger charge is 2.20. The van der Waals surface area contributed by atoms with Crippen LogP contribution in [0, 0.1) is 0 Å². The van der Waals surface area contributed by atoms with Crippen molar-refractivity contribution in [2.45, 2.75) is 19.3 Å². The molecule has 0 spiro atoms. The maximum atomic E-state index is 12.3. The first-order valence-electron chi connectivity index (χ1n) is 9.25. The van der Waals surface area contributed by atoms with Gasteiger partial charge in [-0.3, -0.25) is 4.79 Å². The number of ether oxygens (including phenoxy) is 2. The summed E-state index contributed by atoms with van der Waals surface area (Å²) in [7, 11) is 1.28. The van der Waals surface area contributed by atoms with Crippen LogP contribution in [0.5, 0.6) is 5.75 Å². The second-order valence-electron chi connectivity index (χ2n) is 6.73. The third-order valence-corrected chi connectivity index (χ3v) is 4.92. The van der Waals surface area contributed by atoms with Gasteiger partial charge in [0, 0.05) is 17.0 Å². The molecule has 1 N–H and O–H groups in total. The van der Waals surface area contributed by atoms with Gasteiger partial charge in [0.25, 0.3) is 5.91 Å². The van der Waals surface area contributed by atoms with E-state index in [9.17, 15) is 14.4 Å². The zero-order valence-corrected chi connectivity index (χ0v) is 15.8. The highest BCUT2D eigenvalue weighted by molar-refractivity contribution is 6.01. The van der Waals surface area contributed by atoms with E-state index in [1.165, 1.54) is 7.11 Å². The van der Waals surface area contributed by atoms with E-state index in [0.717, 1.165) is 35.8 Å². The quantitative estimate of drug-likeness (QED) is 0.529. The van der Waals surface area contributed by atoms with Crippen molar-refractivity contribution in [1.29, 1.82) is 0 Å². The summed E-state index contributed by atoms with van der Waals surface area (Å²) in [5.74, 6) is -0.564. The number of benzene rings is 2. The first-order valence-corrected chi connectivity index (χ1v) is 9.25. The van der Waals surface area contributed by atoms with Gasteiger partial charge >= 0.3 is 11.6 Å². The van der Waals surface area contributed by atoms with Crippen molar-refractivity contribution in [2.24, 2.45) is 0 Å². The number of esters is 1. The summed E-state index contributed by atoms with van der Waals surface area (Å²) < 4.78 is 15.7. The van der Waals surface area contributed by atoms with Gasteiger partial charge in [-0.15, -0.1) is 0 Å². The standard InChI is InChI=1S/C22H19NO6/c1-27-21(25)17-5-2-3-8-18(17)23-20(24)12-28-13-9-10-15-14-6-4-7-16(14)22(26)29-19(15)11-13/h2-3,5,8-11H,4,6-7,12H2,1H3,(H,23,24). The van der Waals surface area contributed by atoms with Gasteiger partial charge in [-0.1, -0.05) is 12.1 Å². The van der Waals surface area contributed by atoms with E-state index in [4.69, 9.17) is 13.9 Å². The van der Waals surface area contributed by atoms with Gasteiger partial charge in [-0.05, 0) is 49.1 Å². The molecule has 0 unspecified atom stereocenters. The number of amides is 1. The van der Waals surface area contributed by atoms with E-state index < -0.39 is 11.9 Å². The minimum atomic E-state index is -0.543. The summed E-state index contributed by atoms with van der Waals surface area (Å²) in [6, 6.07) is 11.8. The smallest absolute Gasteiger partial charge is 0.339 e. The molecule has 148 valence electrons. The Morgan fingerprint density at radius 1 is 1.10 bits per heavy atom. The molecule has 0 aliphatic heterocycles. The Balaban J connectivity index is 1.48. The number of hydrogen-bond acceptors (Lipinski definition) is 6. The zero-order valence-electron chi connectivity index (χ0n) is 15.8. The molecule has 0 saturated heterocycles. The largest absolute Gasteiger partial charge is 0.484 e. The Hall–Kier alpha value is -3.61. The van der Waals surface area contributed by atoms with Crippen LogP contribution in [0.15, 0.2) is 51.7 Å². The average molecular weight is 393 g/mol. The lowest BCUT2D eigenvalue weighted by atomic mass is 10.1. The normalized spacial score (nSPS) is 12.4. The predicted octanol–water partition coefficient (Wildman–Crippen LogP) is 3.09. The second-order valence-corrected chi connectivity index (χ2v) is 6.73. The van der Waals surface area contributed by atoms with Crippen molar-refractivity contribution in [1.82, 2.24) is 0 Å². The van der Waals surface area contributed by atoms with Crippen LogP contribution in [-0.2, 0) is 22.4 Å². The molecule has 0 saturated carbocycles. The number of para-hydroxylation sites is 1. The molecule has 0 bridgehead atoms. The van der Waals surface area contributed by atoms with E-state index in [1.807, 2.05) is 6.07 Å². The maximum absolute atomic E-state index is 12.3. The van der Waals surface area contributed by atoms with E-state index in [1.54, 1.807) is 36.4 Å². The fraction of sp³-hybridized carbons (Fsp3) is 0.227. The van der Waals surface area contributed by atoms with Crippen LogP contribution in [0.2, 0.25) is 0 Å². The highest BCUT2D eigenvalue weighted by Crippen LogP contribution is 2.29. The number of methoxy groups -OCH3 is 1. The average Bonchev–Trinajstić information content (AvgIpc) is 3.23. The molecule has 1 aromatic heterocycles. The summed E-state index contributed by atoms with van der Waals surface area (Å²) in [6.07, 6.45) is 2.56. The van der Waals surface area contributed by atoms with Crippen molar-refractivity contribution in [3.05, 3.63) is 69.6 Å². The Kier molecular flexibility index (Phi) is 5.03. The maximum Gasteiger partial charge on any atom is 0.339 e. The van der Waals surface area contributed by atoms with Crippen molar-refractivity contribution in [3.8, 4) is 5.75 Å². The number of aryl methyl sites for hydroxylation is 1. The predicted molar refractivity (Wildman–Crippen MR) is 106 cm³/mol. The lowest BCUT2D eigenvalue weighted by molar-refractivity contribution is -0.118. The summed E-state index contributed by atoms with van der Waals surface area (Å²) in [6.45, 7) is -0.268. The molecule has 7 heteroatoms. The van der Waals surface area contributed by atoms with Gasteiger partial charge in [-0.2, -0.15) is 0 Å². The minimum Gasteiger partial charge on any atom is -0.484 e. The summed E-state index contributed by atoms with van der Waals surface area (Å²) >= 11 is 0. The molecule has 3 aromatic rings. The van der Waals surface area contributed by atoms with Crippen molar-refractivity contribution in [3.63, 3.8) is 0 Å². The van der Waals surface area contributed by atoms with E-state index in [0.29, 0.717) is 17.0 Å². The molecule has 1 amide bonds. The van der Waals surface area contributed by atoms with Gasteiger partial charge in [0.05, 0.1) is 18.4 Å². The van der Waals surface area contributed by atoms with Crippen molar-refractivity contribution >= 4 is 28.5 Å².